The van der Waals surface area contributed by atoms with Gasteiger partial charge in [0.25, 0.3) is 0 Å². The zero-order valence-electron chi connectivity index (χ0n) is 9.24. The molecule has 0 aliphatic heterocycles. The van der Waals surface area contributed by atoms with Gasteiger partial charge in [-0.15, -0.1) is 11.3 Å². The molecule has 1 saturated carbocycles. The van der Waals surface area contributed by atoms with Crippen molar-refractivity contribution >= 4 is 22.4 Å². The second kappa shape index (κ2) is 5.30. The number of nitrogens with zero attached hydrogens (tertiary/aromatic N) is 1. The molecule has 1 aromatic rings. The third-order valence-corrected chi connectivity index (χ3v) is 3.62. The molecule has 1 aliphatic carbocycles. The third kappa shape index (κ3) is 3.20. The zero-order chi connectivity index (χ0) is 11.4. The van der Waals surface area contributed by atoms with E-state index in [4.69, 9.17) is 5.73 Å². The maximum absolute atomic E-state index is 11.6. The number of thiazole rings is 1. The number of aromatic nitrogens is 1. The normalized spacial score (nSPS) is 16.5. The summed E-state index contributed by atoms with van der Waals surface area (Å²) in [6.07, 6.45) is 5.96. The molecule has 2 rings (SSSR count). The Kier molecular flexibility index (Phi) is 3.77. The number of hydrogen-bond acceptors (Lipinski definition) is 4. The molecule has 4 nitrogen and oxygen atoms in total. The lowest BCUT2D eigenvalue weighted by atomic mass is 10.2. The van der Waals surface area contributed by atoms with Gasteiger partial charge in [-0.05, 0) is 19.3 Å². The number of amides is 1. The molecular weight excluding hydrogens is 222 g/mol. The van der Waals surface area contributed by atoms with Crippen molar-refractivity contribution in [1.82, 2.24) is 10.3 Å². The number of hydrogen-bond donors (Lipinski definition) is 2. The summed E-state index contributed by atoms with van der Waals surface area (Å²) in [5.74, 6) is 0.137. The van der Waals surface area contributed by atoms with Crippen LogP contribution >= 0.6 is 11.3 Å². The van der Waals surface area contributed by atoms with Crippen LogP contribution in [0.5, 0.6) is 0 Å². The summed E-state index contributed by atoms with van der Waals surface area (Å²) in [5.41, 5.74) is 6.44. The summed E-state index contributed by atoms with van der Waals surface area (Å²) in [5, 5.41) is 5.55. The van der Waals surface area contributed by atoms with Crippen molar-refractivity contribution in [2.75, 3.05) is 5.73 Å². The monoisotopic (exact) mass is 239 g/mol. The first-order chi connectivity index (χ1) is 7.74. The molecule has 0 atom stereocenters. The van der Waals surface area contributed by atoms with Crippen molar-refractivity contribution in [1.29, 1.82) is 0 Å². The number of rotatable bonds is 4. The fraction of sp³-hybridized carbons (Fsp3) is 0.636. The first kappa shape index (κ1) is 11.4. The summed E-state index contributed by atoms with van der Waals surface area (Å²) in [7, 11) is 0. The fourth-order valence-electron chi connectivity index (χ4n) is 2.05. The van der Waals surface area contributed by atoms with Crippen LogP contribution in [-0.2, 0) is 11.2 Å². The van der Waals surface area contributed by atoms with Crippen LogP contribution in [0.1, 0.15) is 37.8 Å². The lowest BCUT2D eigenvalue weighted by Gasteiger charge is -2.11. The Labute approximate surface area is 99.3 Å². The van der Waals surface area contributed by atoms with E-state index in [0.29, 0.717) is 24.0 Å². The summed E-state index contributed by atoms with van der Waals surface area (Å²) in [4.78, 5) is 15.7. The van der Waals surface area contributed by atoms with E-state index in [-0.39, 0.29) is 5.91 Å². The van der Waals surface area contributed by atoms with Gasteiger partial charge in [0.2, 0.25) is 5.91 Å². The van der Waals surface area contributed by atoms with E-state index >= 15 is 0 Å². The second-order valence-electron chi connectivity index (χ2n) is 4.23. The second-order valence-corrected chi connectivity index (χ2v) is 5.12. The number of nitrogens with two attached hydrogens (primary N) is 1. The van der Waals surface area contributed by atoms with Gasteiger partial charge in [-0.25, -0.2) is 4.98 Å². The minimum atomic E-state index is 0.137. The fourth-order valence-corrected chi connectivity index (χ4v) is 2.65. The molecule has 1 amide bonds. The minimum absolute atomic E-state index is 0.137. The third-order valence-electron chi connectivity index (χ3n) is 2.90. The summed E-state index contributed by atoms with van der Waals surface area (Å²) in [6, 6.07) is 0.410. The highest BCUT2D eigenvalue weighted by Gasteiger charge is 2.16. The molecule has 0 spiro atoms. The van der Waals surface area contributed by atoms with Crippen LogP contribution in [0.25, 0.3) is 0 Å². The van der Waals surface area contributed by atoms with Gasteiger partial charge in [0, 0.05) is 17.8 Å². The van der Waals surface area contributed by atoms with Gasteiger partial charge in [-0.3, -0.25) is 4.79 Å². The van der Waals surface area contributed by atoms with Gasteiger partial charge < -0.3 is 11.1 Å². The van der Waals surface area contributed by atoms with Crippen LogP contribution in [0, 0.1) is 0 Å². The van der Waals surface area contributed by atoms with Crippen LogP contribution in [0.2, 0.25) is 0 Å². The predicted molar refractivity (Wildman–Crippen MR) is 65.2 cm³/mol. The maximum atomic E-state index is 11.6. The number of aryl methyl sites for hydroxylation is 1. The van der Waals surface area contributed by atoms with Crippen molar-refractivity contribution in [3.8, 4) is 0 Å². The van der Waals surface area contributed by atoms with E-state index in [1.807, 2.05) is 5.38 Å². The highest BCUT2D eigenvalue weighted by molar-refractivity contribution is 7.13. The van der Waals surface area contributed by atoms with Crippen molar-refractivity contribution in [2.45, 2.75) is 44.6 Å². The molecule has 1 aliphatic rings. The number of carbonyl (C=O) groups excluding carboxylic acids is 1. The Morgan fingerprint density at radius 2 is 2.31 bits per heavy atom. The Morgan fingerprint density at radius 1 is 1.56 bits per heavy atom. The lowest BCUT2D eigenvalue weighted by Crippen LogP contribution is -2.32. The Bertz CT molecular complexity index is 358. The van der Waals surface area contributed by atoms with Crippen LogP contribution in [0.15, 0.2) is 5.38 Å². The molecule has 1 aromatic heterocycles. The molecule has 0 bridgehead atoms. The van der Waals surface area contributed by atoms with Gasteiger partial charge >= 0.3 is 0 Å². The van der Waals surface area contributed by atoms with Crippen LogP contribution in [0.4, 0.5) is 5.13 Å². The first-order valence-corrected chi connectivity index (χ1v) is 6.61. The average Bonchev–Trinajstić information content (AvgIpc) is 2.87. The SMILES string of the molecule is Nc1nc(CCC(=O)NC2CCCC2)cs1. The van der Waals surface area contributed by atoms with Gasteiger partial charge in [0.1, 0.15) is 0 Å². The Balaban J connectivity index is 1.71. The molecule has 0 saturated heterocycles. The van der Waals surface area contributed by atoms with Gasteiger partial charge in [-0.2, -0.15) is 0 Å². The quantitative estimate of drug-likeness (QED) is 0.840. The highest BCUT2D eigenvalue weighted by atomic mass is 32.1. The van der Waals surface area contributed by atoms with E-state index in [1.54, 1.807) is 0 Å². The topological polar surface area (TPSA) is 68.0 Å². The molecule has 0 aromatic carbocycles. The molecule has 1 fully saturated rings. The molecule has 88 valence electrons. The lowest BCUT2D eigenvalue weighted by molar-refractivity contribution is -0.121. The zero-order valence-corrected chi connectivity index (χ0v) is 10.1. The smallest absolute Gasteiger partial charge is 0.220 e. The van der Waals surface area contributed by atoms with Crippen LogP contribution in [-0.4, -0.2) is 16.9 Å². The molecule has 16 heavy (non-hydrogen) atoms. The Hall–Kier alpha value is -1.10. The van der Waals surface area contributed by atoms with E-state index in [0.717, 1.165) is 18.5 Å². The van der Waals surface area contributed by atoms with Crippen LogP contribution in [0.3, 0.4) is 0 Å². The standard InChI is InChI=1S/C11H17N3OS/c12-11-14-9(7-16-11)5-6-10(15)13-8-3-1-2-4-8/h7-8H,1-6H2,(H2,12,14)(H,13,15). The largest absolute Gasteiger partial charge is 0.375 e. The van der Waals surface area contributed by atoms with Gasteiger partial charge in [0.15, 0.2) is 5.13 Å². The van der Waals surface area contributed by atoms with E-state index in [2.05, 4.69) is 10.3 Å². The van der Waals surface area contributed by atoms with Crippen molar-refractivity contribution in [3.63, 3.8) is 0 Å². The molecule has 5 heteroatoms. The molecule has 0 unspecified atom stereocenters. The van der Waals surface area contributed by atoms with Gasteiger partial charge in [0.05, 0.1) is 5.69 Å². The number of anilines is 1. The summed E-state index contributed by atoms with van der Waals surface area (Å²) in [6.45, 7) is 0. The predicted octanol–water partition coefficient (Wildman–Crippen LogP) is 1.72. The van der Waals surface area contributed by atoms with E-state index < -0.39 is 0 Å². The molecule has 1 heterocycles. The maximum Gasteiger partial charge on any atom is 0.220 e. The summed E-state index contributed by atoms with van der Waals surface area (Å²) >= 11 is 1.42. The average molecular weight is 239 g/mol. The summed E-state index contributed by atoms with van der Waals surface area (Å²) < 4.78 is 0. The molecule has 3 N–H and O–H groups in total. The van der Waals surface area contributed by atoms with Crippen molar-refractivity contribution < 1.29 is 4.79 Å². The van der Waals surface area contributed by atoms with Gasteiger partial charge in [-0.1, -0.05) is 12.8 Å². The van der Waals surface area contributed by atoms with Crippen molar-refractivity contribution in [2.24, 2.45) is 0 Å². The molecule has 0 radical (unpaired) electrons. The highest BCUT2D eigenvalue weighted by Crippen LogP contribution is 2.18. The molecular formula is C11H17N3OS. The number of carbonyl (C=O) groups is 1. The Morgan fingerprint density at radius 3 is 2.94 bits per heavy atom. The van der Waals surface area contributed by atoms with Crippen molar-refractivity contribution in [3.05, 3.63) is 11.1 Å². The first-order valence-electron chi connectivity index (χ1n) is 5.73. The van der Waals surface area contributed by atoms with Crippen LogP contribution < -0.4 is 11.1 Å². The number of nitrogens with one attached hydrogen (secondary N) is 1. The van der Waals surface area contributed by atoms with E-state index in [1.165, 1.54) is 24.2 Å². The number of nitrogen functional groups attached to an aromatic ring is 1. The van der Waals surface area contributed by atoms with E-state index in [9.17, 15) is 4.79 Å². The minimum Gasteiger partial charge on any atom is -0.375 e.